The summed E-state index contributed by atoms with van der Waals surface area (Å²) in [7, 11) is 0. The molecule has 1 heterocycles. The number of benzene rings is 1. The van der Waals surface area contributed by atoms with Gasteiger partial charge in [-0.2, -0.15) is 0 Å². The molecule has 3 heteroatoms. The van der Waals surface area contributed by atoms with Gasteiger partial charge < -0.3 is 5.32 Å². The summed E-state index contributed by atoms with van der Waals surface area (Å²) in [5, 5.41) is 4.59. The van der Waals surface area contributed by atoms with Crippen molar-refractivity contribution in [1.29, 1.82) is 0 Å². The van der Waals surface area contributed by atoms with Gasteiger partial charge >= 0.3 is 0 Å². The van der Waals surface area contributed by atoms with Crippen molar-refractivity contribution >= 4 is 11.6 Å². The van der Waals surface area contributed by atoms with Crippen LogP contribution in [0.4, 0.5) is 0 Å². The van der Waals surface area contributed by atoms with Gasteiger partial charge in [0.25, 0.3) is 0 Å². The van der Waals surface area contributed by atoms with E-state index in [9.17, 15) is 0 Å². The fourth-order valence-electron chi connectivity index (χ4n) is 2.99. The van der Waals surface area contributed by atoms with Crippen molar-refractivity contribution in [1.82, 2.24) is 10.2 Å². The molecule has 0 unspecified atom stereocenters. The van der Waals surface area contributed by atoms with Crippen LogP contribution in [0.15, 0.2) is 18.2 Å². The molecule has 2 nitrogen and oxygen atoms in total. The molecule has 0 atom stereocenters. The molecule has 0 spiro atoms. The highest BCUT2D eigenvalue weighted by Crippen LogP contribution is 2.24. The average Bonchev–Trinajstić information content (AvgIpc) is 3.25. The van der Waals surface area contributed by atoms with Gasteiger partial charge in [0, 0.05) is 17.6 Å². The SMILES string of the molecule is Cc1ccc(CN2CCC(CNC3CC3)CC2)c(Cl)c1. The molecule has 20 heavy (non-hydrogen) atoms. The summed E-state index contributed by atoms with van der Waals surface area (Å²) in [6.45, 7) is 6.74. The Morgan fingerprint density at radius 3 is 2.60 bits per heavy atom. The molecule has 3 rings (SSSR count). The first-order chi connectivity index (χ1) is 9.70. The molecule has 1 saturated carbocycles. The number of nitrogens with one attached hydrogen (secondary N) is 1. The summed E-state index contributed by atoms with van der Waals surface area (Å²) in [6.07, 6.45) is 5.43. The van der Waals surface area contributed by atoms with Crippen LogP contribution < -0.4 is 5.32 Å². The average molecular weight is 293 g/mol. The molecule has 1 aromatic rings. The maximum Gasteiger partial charge on any atom is 0.0453 e. The molecule has 2 aliphatic rings. The second kappa shape index (κ2) is 6.46. The Balaban J connectivity index is 1.45. The molecule has 2 fully saturated rings. The molecular formula is C17H25ClN2. The van der Waals surface area contributed by atoms with Crippen molar-refractivity contribution in [2.45, 2.75) is 45.2 Å². The van der Waals surface area contributed by atoms with Crippen molar-refractivity contribution in [3.05, 3.63) is 34.3 Å². The van der Waals surface area contributed by atoms with Gasteiger partial charge in [-0.05, 0) is 75.4 Å². The molecule has 1 saturated heterocycles. The normalized spacial score (nSPS) is 21.3. The van der Waals surface area contributed by atoms with Crippen LogP contribution in [0.2, 0.25) is 5.02 Å². The van der Waals surface area contributed by atoms with Gasteiger partial charge in [0.2, 0.25) is 0 Å². The monoisotopic (exact) mass is 292 g/mol. The van der Waals surface area contributed by atoms with Crippen LogP contribution in [0.25, 0.3) is 0 Å². The van der Waals surface area contributed by atoms with Crippen molar-refractivity contribution in [3.8, 4) is 0 Å². The van der Waals surface area contributed by atoms with Crippen LogP contribution in [0, 0.1) is 12.8 Å². The third kappa shape index (κ3) is 3.97. The second-order valence-electron chi connectivity index (χ2n) is 6.50. The number of likely N-dealkylation sites (tertiary alicyclic amines) is 1. The number of piperidine rings is 1. The molecule has 0 amide bonds. The lowest BCUT2D eigenvalue weighted by molar-refractivity contribution is 0.175. The van der Waals surface area contributed by atoms with Crippen molar-refractivity contribution in [3.63, 3.8) is 0 Å². The maximum absolute atomic E-state index is 6.33. The molecule has 1 aliphatic carbocycles. The van der Waals surface area contributed by atoms with Gasteiger partial charge in [-0.25, -0.2) is 0 Å². The van der Waals surface area contributed by atoms with E-state index in [1.54, 1.807) is 0 Å². The summed E-state index contributed by atoms with van der Waals surface area (Å²) in [5.41, 5.74) is 2.51. The molecule has 0 bridgehead atoms. The summed E-state index contributed by atoms with van der Waals surface area (Å²) >= 11 is 6.33. The lowest BCUT2D eigenvalue weighted by Gasteiger charge is -2.32. The van der Waals surface area contributed by atoms with Gasteiger partial charge in [-0.3, -0.25) is 4.90 Å². The first kappa shape index (κ1) is 14.4. The van der Waals surface area contributed by atoms with Crippen LogP contribution in [0.5, 0.6) is 0 Å². The zero-order chi connectivity index (χ0) is 13.9. The van der Waals surface area contributed by atoms with Crippen LogP contribution in [0.1, 0.15) is 36.8 Å². The van der Waals surface area contributed by atoms with E-state index in [2.05, 4.69) is 35.3 Å². The Hall–Kier alpha value is -0.570. The molecule has 110 valence electrons. The minimum atomic E-state index is 0.847. The lowest BCUT2D eigenvalue weighted by Crippen LogP contribution is -2.37. The van der Waals surface area contributed by atoms with Crippen molar-refractivity contribution in [2.24, 2.45) is 5.92 Å². The minimum absolute atomic E-state index is 0.847. The van der Waals surface area contributed by atoms with Crippen LogP contribution in [-0.2, 0) is 6.54 Å². The third-order valence-electron chi connectivity index (χ3n) is 4.58. The first-order valence-corrected chi connectivity index (χ1v) is 8.29. The molecule has 1 aliphatic heterocycles. The van der Waals surface area contributed by atoms with Gasteiger partial charge in [0.05, 0.1) is 0 Å². The Labute approximate surface area is 127 Å². The number of hydrogen-bond donors (Lipinski definition) is 1. The minimum Gasteiger partial charge on any atom is -0.314 e. The number of rotatable bonds is 5. The topological polar surface area (TPSA) is 15.3 Å². The summed E-state index contributed by atoms with van der Waals surface area (Å²) in [4.78, 5) is 2.55. The van der Waals surface area contributed by atoms with Crippen molar-refractivity contribution in [2.75, 3.05) is 19.6 Å². The second-order valence-corrected chi connectivity index (χ2v) is 6.90. The van der Waals surface area contributed by atoms with E-state index in [-0.39, 0.29) is 0 Å². The standard InChI is InChI=1S/C17H25ClN2/c1-13-2-3-15(17(18)10-13)12-20-8-6-14(7-9-20)11-19-16-4-5-16/h2-3,10,14,16,19H,4-9,11-12H2,1H3. The number of hydrogen-bond acceptors (Lipinski definition) is 2. The van der Waals surface area contributed by atoms with Crippen LogP contribution in [-0.4, -0.2) is 30.6 Å². The zero-order valence-electron chi connectivity index (χ0n) is 12.4. The largest absolute Gasteiger partial charge is 0.314 e. The number of halogens is 1. The fourth-order valence-corrected chi connectivity index (χ4v) is 3.29. The zero-order valence-corrected chi connectivity index (χ0v) is 13.1. The molecule has 1 aromatic carbocycles. The van der Waals surface area contributed by atoms with Gasteiger partial charge in [-0.1, -0.05) is 23.7 Å². The highest BCUT2D eigenvalue weighted by molar-refractivity contribution is 6.31. The Bertz CT molecular complexity index is 448. The van der Waals surface area contributed by atoms with Gasteiger partial charge in [0.1, 0.15) is 0 Å². The number of aryl methyl sites for hydroxylation is 1. The van der Waals surface area contributed by atoms with Gasteiger partial charge in [-0.15, -0.1) is 0 Å². The first-order valence-electron chi connectivity index (χ1n) is 7.91. The third-order valence-corrected chi connectivity index (χ3v) is 4.93. The van der Waals surface area contributed by atoms with Gasteiger partial charge in [0.15, 0.2) is 0 Å². The van der Waals surface area contributed by atoms with E-state index in [4.69, 9.17) is 11.6 Å². The predicted molar refractivity (Wildman–Crippen MR) is 85.2 cm³/mol. The highest BCUT2D eigenvalue weighted by atomic mass is 35.5. The summed E-state index contributed by atoms with van der Waals surface area (Å²) in [6, 6.07) is 7.26. The molecular weight excluding hydrogens is 268 g/mol. The Kier molecular flexibility index (Phi) is 4.65. The Morgan fingerprint density at radius 1 is 1.20 bits per heavy atom. The van der Waals surface area contributed by atoms with Crippen molar-refractivity contribution < 1.29 is 0 Å². The predicted octanol–water partition coefficient (Wildman–Crippen LogP) is 3.61. The smallest absolute Gasteiger partial charge is 0.0453 e. The van der Waals surface area contributed by atoms with E-state index < -0.39 is 0 Å². The van der Waals surface area contributed by atoms with E-state index in [1.165, 1.54) is 56.4 Å². The molecule has 1 N–H and O–H groups in total. The number of nitrogens with zero attached hydrogens (tertiary/aromatic N) is 1. The van der Waals surface area contributed by atoms with Crippen LogP contribution in [0.3, 0.4) is 0 Å². The molecule has 0 radical (unpaired) electrons. The van der Waals surface area contributed by atoms with E-state index in [1.807, 2.05) is 0 Å². The molecule has 0 aromatic heterocycles. The van der Waals surface area contributed by atoms with Crippen LogP contribution >= 0.6 is 11.6 Å². The quantitative estimate of drug-likeness (QED) is 0.892. The van der Waals surface area contributed by atoms with E-state index >= 15 is 0 Å². The highest BCUT2D eigenvalue weighted by Gasteiger charge is 2.24. The maximum atomic E-state index is 6.33. The Morgan fingerprint density at radius 2 is 1.95 bits per heavy atom. The van der Waals surface area contributed by atoms with E-state index in [0.717, 1.165) is 23.5 Å². The summed E-state index contributed by atoms with van der Waals surface area (Å²) < 4.78 is 0. The summed E-state index contributed by atoms with van der Waals surface area (Å²) in [5.74, 6) is 0.875. The fraction of sp³-hybridized carbons (Fsp3) is 0.647. The van der Waals surface area contributed by atoms with E-state index in [0.29, 0.717) is 0 Å². The lowest BCUT2D eigenvalue weighted by atomic mass is 9.96.